The van der Waals surface area contributed by atoms with E-state index in [1.807, 2.05) is 0 Å². The summed E-state index contributed by atoms with van der Waals surface area (Å²) >= 11 is 0. The van der Waals surface area contributed by atoms with Gasteiger partial charge in [0.1, 0.15) is 12.7 Å². The molecular weight excluding hydrogens is 330 g/mol. The number of alkyl halides is 1. The fourth-order valence-electron chi connectivity index (χ4n) is 2.12. The van der Waals surface area contributed by atoms with Gasteiger partial charge in [-0.3, -0.25) is 19.2 Å². The Bertz CT molecular complexity index is 490. The maximum absolute atomic E-state index is 14.5. The van der Waals surface area contributed by atoms with Crippen molar-refractivity contribution in [2.24, 2.45) is 0 Å². The van der Waals surface area contributed by atoms with E-state index in [2.05, 4.69) is 0 Å². The second-order valence-corrected chi connectivity index (χ2v) is 5.05. The molecule has 5 atom stereocenters. The van der Waals surface area contributed by atoms with E-state index in [-0.39, 0.29) is 0 Å². The van der Waals surface area contributed by atoms with Gasteiger partial charge in [-0.25, -0.2) is 4.39 Å². The molecule has 1 saturated heterocycles. The molecular formula is C14H19FO9. The number of carbonyl (C=O) groups is 4. The minimum Gasteiger partial charge on any atom is -0.463 e. The Labute approximate surface area is 137 Å². The van der Waals surface area contributed by atoms with Crippen LogP contribution in [0.4, 0.5) is 4.39 Å². The van der Waals surface area contributed by atoms with Crippen LogP contribution in [0, 0.1) is 0 Å². The second kappa shape index (κ2) is 8.57. The van der Waals surface area contributed by atoms with Gasteiger partial charge in [0.2, 0.25) is 12.5 Å². The summed E-state index contributed by atoms with van der Waals surface area (Å²) in [6.07, 6.45) is -7.98. The number of hydrogen-bond acceptors (Lipinski definition) is 9. The lowest BCUT2D eigenvalue weighted by molar-refractivity contribution is -0.284. The highest BCUT2D eigenvalue weighted by molar-refractivity contribution is 5.68. The highest BCUT2D eigenvalue weighted by Gasteiger charge is 2.52. The van der Waals surface area contributed by atoms with Crippen molar-refractivity contribution in [3.63, 3.8) is 0 Å². The Morgan fingerprint density at radius 2 is 1.33 bits per heavy atom. The van der Waals surface area contributed by atoms with Crippen molar-refractivity contribution in [1.29, 1.82) is 0 Å². The zero-order chi connectivity index (χ0) is 18.4. The molecule has 0 aliphatic carbocycles. The molecule has 10 heteroatoms. The van der Waals surface area contributed by atoms with Crippen LogP contribution < -0.4 is 0 Å². The smallest absolute Gasteiger partial charge is 0.305 e. The van der Waals surface area contributed by atoms with E-state index in [0.717, 1.165) is 27.7 Å². The quantitative estimate of drug-likeness (QED) is 0.501. The number of rotatable bonds is 5. The van der Waals surface area contributed by atoms with Crippen molar-refractivity contribution >= 4 is 23.9 Å². The predicted octanol–water partition coefficient (Wildman–Crippen LogP) is 0.0390. The molecule has 0 radical (unpaired) electrons. The Balaban J connectivity index is 3.08. The topological polar surface area (TPSA) is 114 Å². The van der Waals surface area contributed by atoms with E-state index in [9.17, 15) is 23.6 Å². The Morgan fingerprint density at radius 3 is 1.79 bits per heavy atom. The molecule has 9 nitrogen and oxygen atoms in total. The third-order valence-electron chi connectivity index (χ3n) is 2.91. The number of carbonyl (C=O) groups excluding carboxylic acids is 4. The number of esters is 4. The monoisotopic (exact) mass is 349 g/mol. The summed E-state index contributed by atoms with van der Waals surface area (Å²) in [6.45, 7) is 3.86. The van der Waals surface area contributed by atoms with Crippen LogP contribution in [0.5, 0.6) is 0 Å². The molecule has 1 aliphatic rings. The molecule has 0 aromatic rings. The minimum atomic E-state index is -2.10. The average Bonchev–Trinajstić information content (AvgIpc) is 2.42. The summed E-state index contributed by atoms with van der Waals surface area (Å²) < 4.78 is 39.0. The van der Waals surface area contributed by atoms with Gasteiger partial charge >= 0.3 is 23.9 Å². The number of ether oxygens (including phenoxy) is 5. The van der Waals surface area contributed by atoms with Crippen LogP contribution in [0.2, 0.25) is 0 Å². The molecule has 0 saturated carbocycles. The van der Waals surface area contributed by atoms with Crippen LogP contribution >= 0.6 is 0 Å². The zero-order valence-corrected chi connectivity index (χ0v) is 13.6. The Kier molecular flexibility index (Phi) is 7.08. The molecule has 1 fully saturated rings. The molecule has 0 amide bonds. The lowest BCUT2D eigenvalue weighted by Crippen LogP contribution is -2.60. The summed E-state index contributed by atoms with van der Waals surface area (Å²) in [5.41, 5.74) is 0. The Morgan fingerprint density at radius 1 is 0.833 bits per heavy atom. The molecule has 0 spiro atoms. The summed E-state index contributed by atoms with van der Waals surface area (Å²) in [4.78, 5) is 44.5. The maximum Gasteiger partial charge on any atom is 0.305 e. The third kappa shape index (κ3) is 5.76. The lowest BCUT2D eigenvalue weighted by atomic mass is 9.99. The largest absolute Gasteiger partial charge is 0.463 e. The highest BCUT2D eigenvalue weighted by Crippen LogP contribution is 2.29. The summed E-state index contributed by atoms with van der Waals surface area (Å²) in [5.74, 6) is -3.11. The van der Waals surface area contributed by atoms with Crippen LogP contribution in [0.25, 0.3) is 0 Å². The standard InChI is InChI=1S/C14H19FO9/c1-6(16)20-5-10-12(21-7(2)17)13(22-8(3)18)11(15)14(24-10)23-9(4)19/h10-14H,5H2,1-4H3/t10-,11-,12-,13-,14?/m1/s1/i15-1. The first-order valence-electron chi connectivity index (χ1n) is 7.06. The molecule has 0 aromatic carbocycles. The van der Waals surface area contributed by atoms with E-state index in [4.69, 9.17) is 23.7 Å². The zero-order valence-electron chi connectivity index (χ0n) is 13.6. The molecule has 24 heavy (non-hydrogen) atoms. The van der Waals surface area contributed by atoms with Crippen LogP contribution in [0.15, 0.2) is 0 Å². The predicted molar refractivity (Wildman–Crippen MR) is 73.1 cm³/mol. The number of hydrogen-bond donors (Lipinski definition) is 0. The fraction of sp³-hybridized carbons (Fsp3) is 0.714. The van der Waals surface area contributed by atoms with Crippen molar-refractivity contribution in [3.05, 3.63) is 0 Å². The summed E-state index contributed by atoms with van der Waals surface area (Å²) in [5, 5.41) is 0. The molecule has 0 aromatic heterocycles. The molecule has 0 N–H and O–H groups in total. The first-order chi connectivity index (χ1) is 11.1. The maximum atomic E-state index is 14.5. The van der Waals surface area contributed by atoms with Gasteiger partial charge in [-0.2, -0.15) is 0 Å². The third-order valence-corrected chi connectivity index (χ3v) is 2.91. The SMILES string of the molecule is CC(=O)OC[C@H]1OC(OC(C)=O)[C@H]([18F])[C@@H](OC(C)=O)[C@@H]1OC(C)=O. The minimum absolute atomic E-state index is 0.421. The van der Waals surface area contributed by atoms with E-state index < -0.39 is 61.3 Å². The van der Waals surface area contributed by atoms with Gasteiger partial charge in [0.25, 0.3) is 0 Å². The van der Waals surface area contributed by atoms with Gasteiger partial charge < -0.3 is 23.7 Å². The normalized spacial score (nSPS) is 29.3. The van der Waals surface area contributed by atoms with E-state index in [1.54, 1.807) is 0 Å². The van der Waals surface area contributed by atoms with E-state index in [0.29, 0.717) is 0 Å². The van der Waals surface area contributed by atoms with Crippen molar-refractivity contribution in [2.75, 3.05) is 6.61 Å². The van der Waals surface area contributed by atoms with Gasteiger partial charge in [0, 0.05) is 27.7 Å². The molecule has 1 aliphatic heterocycles. The second-order valence-electron chi connectivity index (χ2n) is 5.05. The van der Waals surface area contributed by atoms with Gasteiger partial charge in [-0.05, 0) is 0 Å². The fourth-order valence-corrected chi connectivity index (χ4v) is 2.12. The van der Waals surface area contributed by atoms with Crippen LogP contribution in [-0.2, 0) is 42.9 Å². The van der Waals surface area contributed by atoms with Crippen molar-refractivity contribution in [2.45, 2.75) is 58.5 Å². The van der Waals surface area contributed by atoms with Crippen LogP contribution in [0.1, 0.15) is 27.7 Å². The molecule has 1 rings (SSSR count). The Hall–Kier alpha value is -2.23. The summed E-state index contributed by atoms with van der Waals surface area (Å²) in [6, 6.07) is 0. The molecule has 1 unspecified atom stereocenters. The van der Waals surface area contributed by atoms with Crippen molar-refractivity contribution < 1.29 is 47.3 Å². The van der Waals surface area contributed by atoms with E-state index in [1.165, 1.54) is 0 Å². The first kappa shape index (κ1) is 19.8. The van der Waals surface area contributed by atoms with Gasteiger partial charge in [0.05, 0.1) is 0 Å². The van der Waals surface area contributed by atoms with Gasteiger partial charge in [0.15, 0.2) is 12.2 Å². The molecule has 136 valence electrons. The average molecular weight is 349 g/mol. The summed E-state index contributed by atoms with van der Waals surface area (Å²) in [7, 11) is 0. The lowest BCUT2D eigenvalue weighted by Gasteiger charge is -2.41. The number of halogens is 1. The molecule has 0 bridgehead atoms. The highest BCUT2D eigenvalue weighted by atomic mass is 18.2. The van der Waals surface area contributed by atoms with Gasteiger partial charge in [-0.1, -0.05) is 0 Å². The van der Waals surface area contributed by atoms with E-state index >= 15 is 0 Å². The first-order valence-corrected chi connectivity index (χ1v) is 7.06. The molecule has 1 heterocycles. The van der Waals surface area contributed by atoms with Crippen LogP contribution in [0.3, 0.4) is 0 Å². The van der Waals surface area contributed by atoms with Crippen molar-refractivity contribution in [1.82, 2.24) is 0 Å². The van der Waals surface area contributed by atoms with Gasteiger partial charge in [-0.15, -0.1) is 0 Å². The van der Waals surface area contributed by atoms with Crippen LogP contribution in [-0.4, -0.2) is 61.3 Å². The van der Waals surface area contributed by atoms with Crippen molar-refractivity contribution in [3.8, 4) is 0 Å².